The van der Waals surface area contributed by atoms with Gasteiger partial charge in [-0.25, -0.2) is 0 Å². The summed E-state index contributed by atoms with van der Waals surface area (Å²) in [5.41, 5.74) is 1.34. The van der Waals surface area contributed by atoms with Crippen molar-refractivity contribution in [2.24, 2.45) is 5.92 Å². The summed E-state index contributed by atoms with van der Waals surface area (Å²) in [6.07, 6.45) is 5.91. The van der Waals surface area contributed by atoms with Gasteiger partial charge in [-0.1, -0.05) is 20.3 Å². The van der Waals surface area contributed by atoms with Gasteiger partial charge in [-0.05, 0) is 43.2 Å². The van der Waals surface area contributed by atoms with E-state index in [4.69, 9.17) is 5.26 Å². The smallest absolute Gasteiger partial charge is 0.262 e. The summed E-state index contributed by atoms with van der Waals surface area (Å²) in [4.78, 5) is 14.3. The van der Waals surface area contributed by atoms with Gasteiger partial charge in [0.2, 0.25) is 0 Å². The van der Waals surface area contributed by atoms with Crippen molar-refractivity contribution < 1.29 is 4.79 Å². The second kappa shape index (κ2) is 6.21. The van der Waals surface area contributed by atoms with Crippen LogP contribution in [0.25, 0.3) is 0 Å². The molecule has 1 amide bonds. The monoisotopic (exact) mass is 276 g/mol. The molecular formula is C15H20N2OS. The highest BCUT2D eigenvalue weighted by atomic mass is 32.1. The van der Waals surface area contributed by atoms with Gasteiger partial charge < -0.3 is 5.32 Å². The summed E-state index contributed by atoms with van der Waals surface area (Å²) in [5.74, 6) is 0.0325. The zero-order chi connectivity index (χ0) is 13.8. The van der Waals surface area contributed by atoms with E-state index in [2.05, 4.69) is 11.4 Å². The van der Waals surface area contributed by atoms with Gasteiger partial charge in [0.25, 0.3) is 5.91 Å². The molecule has 0 aliphatic heterocycles. The van der Waals surface area contributed by atoms with E-state index in [1.54, 1.807) is 11.3 Å². The molecule has 102 valence electrons. The number of fused-ring (bicyclic) bond motifs is 1. The maximum Gasteiger partial charge on any atom is 0.262 e. The van der Waals surface area contributed by atoms with Crippen molar-refractivity contribution in [1.82, 2.24) is 5.32 Å². The summed E-state index contributed by atoms with van der Waals surface area (Å²) < 4.78 is 0. The number of amides is 1. The Balaban J connectivity index is 2.10. The van der Waals surface area contributed by atoms with Gasteiger partial charge in [0.05, 0.1) is 10.9 Å². The zero-order valence-corrected chi connectivity index (χ0v) is 12.3. The van der Waals surface area contributed by atoms with Crippen LogP contribution < -0.4 is 5.32 Å². The maximum atomic E-state index is 12.2. The van der Waals surface area contributed by atoms with Crippen molar-refractivity contribution in [2.45, 2.75) is 52.0 Å². The van der Waals surface area contributed by atoms with Crippen LogP contribution in [0.4, 0.5) is 0 Å². The molecule has 1 N–H and O–H groups in total. The van der Waals surface area contributed by atoms with Crippen LogP contribution in [0.2, 0.25) is 0 Å². The first-order chi connectivity index (χ1) is 9.11. The molecule has 1 aliphatic carbocycles. The number of thiophene rings is 1. The lowest BCUT2D eigenvalue weighted by atomic mass is 10.1. The molecule has 2 rings (SSSR count). The molecule has 0 saturated carbocycles. The van der Waals surface area contributed by atoms with E-state index < -0.39 is 6.04 Å². The largest absolute Gasteiger partial charge is 0.335 e. The van der Waals surface area contributed by atoms with Crippen LogP contribution in [0.5, 0.6) is 0 Å². The third kappa shape index (κ3) is 3.36. The molecule has 1 unspecified atom stereocenters. The summed E-state index contributed by atoms with van der Waals surface area (Å²) >= 11 is 1.60. The number of nitriles is 1. The molecule has 1 atom stereocenters. The number of carbonyl (C=O) groups is 1. The van der Waals surface area contributed by atoms with Crippen LogP contribution >= 0.6 is 11.3 Å². The SMILES string of the molecule is CC(C)C(C#N)NC(=O)c1cc2c(s1)CCCCC2. The molecule has 0 aromatic carbocycles. The van der Waals surface area contributed by atoms with Crippen LogP contribution in [-0.4, -0.2) is 11.9 Å². The summed E-state index contributed by atoms with van der Waals surface area (Å²) in [6, 6.07) is 3.76. The molecule has 0 saturated heterocycles. The van der Waals surface area contributed by atoms with Gasteiger partial charge >= 0.3 is 0 Å². The molecule has 1 aromatic rings. The van der Waals surface area contributed by atoms with Gasteiger partial charge in [-0.2, -0.15) is 5.26 Å². The van der Waals surface area contributed by atoms with Crippen LogP contribution in [0.15, 0.2) is 6.07 Å². The normalized spacial score (nSPS) is 16.3. The number of nitrogens with one attached hydrogen (secondary N) is 1. The van der Waals surface area contributed by atoms with Crippen molar-refractivity contribution in [3.05, 3.63) is 21.4 Å². The highest BCUT2D eigenvalue weighted by Crippen LogP contribution is 2.29. The number of nitrogens with zero attached hydrogens (tertiary/aromatic N) is 1. The molecular weight excluding hydrogens is 256 g/mol. The molecule has 4 heteroatoms. The summed E-state index contributed by atoms with van der Waals surface area (Å²) in [7, 11) is 0. The van der Waals surface area contributed by atoms with Gasteiger partial charge in [0.1, 0.15) is 6.04 Å². The Labute approximate surface area is 118 Å². The van der Waals surface area contributed by atoms with Gasteiger partial charge in [0.15, 0.2) is 0 Å². The Hall–Kier alpha value is -1.34. The Bertz CT molecular complexity index is 475. The molecule has 0 fully saturated rings. The Kier molecular flexibility index (Phi) is 4.60. The lowest BCUT2D eigenvalue weighted by Crippen LogP contribution is -2.36. The van der Waals surface area contributed by atoms with Crippen LogP contribution in [-0.2, 0) is 12.8 Å². The highest BCUT2D eigenvalue weighted by molar-refractivity contribution is 7.14. The quantitative estimate of drug-likeness (QED) is 0.861. The van der Waals surface area contributed by atoms with E-state index in [-0.39, 0.29) is 11.8 Å². The van der Waals surface area contributed by atoms with Gasteiger partial charge in [0, 0.05) is 4.88 Å². The van der Waals surface area contributed by atoms with E-state index in [1.165, 1.54) is 29.7 Å². The lowest BCUT2D eigenvalue weighted by molar-refractivity contribution is 0.0941. The van der Waals surface area contributed by atoms with Gasteiger partial charge in [-0.15, -0.1) is 11.3 Å². The lowest BCUT2D eigenvalue weighted by Gasteiger charge is -2.13. The zero-order valence-electron chi connectivity index (χ0n) is 11.5. The second-order valence-corrected chi connectivity index (χ2v) is 6.58. The fourth-order valence-corrected chi connectivity index (χ4v) is 3.50. The first-order valence-corrected chi connectivity index (χ1v) is 7.75. The molecule has 0 radical (unpaired) electrons. The highest BCUT2D eigenvalue weighted by Gasteiger charge is 2.20. The first-order valence-electron chi connectivity index (χ1n) is 6.94. The average molecular weight is 276 g/mol. The van der Waals surface area contributed by atoms with Crippen LogP contribution in [0, 0.1) is 17.2 Å². The Morgan fingerprint density at radius 2 is 2.11 bits per heavy atom. The van der Waals surface area contributed by atoms with E-state index in [1.807, 2.05) is 19.9 Å². The van der Waals surface area contributed by atoms with E-state index >= 15 is 0 Å². The number of rotatable bonds is 3. The Morgan fingerprint density at radius 1 is 1.37 bits per heavy atom. The Morgan fingerprint density at radius 3 is 2.79 bits per heavy atom. The predicted molar refractivity (Wildman–Crippen MR) is 77.3 cm³/mol. The summed E-state index contributed by atoms with van der Waals surface area (Å²) in [6.45, 7) is 3.88. The number of hydrogen-bond donors (Lipinski definition) is 1. The van der Waals surface area contributed by atoms with E-state index in [9.17, 15) is 4.79 Å². The van der Waals surface area contributed by atoms with Crippen molar-refractivity contribution in [3.63, 3.8) is 0 Å². The van der Waals surface area contributed by atoms with E-state index in [0.29, 0.717) is 0 Å². The third-order valence-corrected chi connectivity index (χ3v) is 4.80. The fraction of sp³-hybridized carbons (Fsp3) is 0.600. The molecule has 1 aliphatic rings. The topological polar surface area (TPSA) is 52.9 Å². The maximum absolute atomic E-state index is 12.2. The average Bonchev–Trinajstić information content (AvgIpc) is 2.67. The molecule has 3 nitrogen and oxygen atoms in total. The number of aryl methyl sites for hydroxylation is 2. The molecule has 1 aromatic heterocycles. The number of carbonyl (C=O) groups excluding carboxylic acids is 1. The molecule has 0 bridgehead atoms. The minimum atomic E-state index is -0.408. The molecule has 1 heterocycles. The van der Waals surface area contributed by atoms with Crippen LogP contribution in [0.1, 0.15) is 53.2 Å². The fourth-order valence-electron chi connectivity index (χ4n) is 2.34. The van der Waals surface area contributed by atoms with Gasteiger partial charge in [-0.3, -0.25) is 4.79 Å². The van der Waals surface area contributed by atoms with Crippen molar-refractivity contribution in [2.75, 3.05) is 0 Å². The second-order valence-electron chi connectivity index (χ2n) is 5.44. The van der Waals surface area contributed by atoms with E-state index in [0.717, 1.165) is 17.7 Å². The summed E-state index contributed by atoms with van der Waals surface area (Å²) in [5, 5.41) is 11.8. The number of hydrogen-bond acceptors (Lipinski definition) is 3. The standard InChI is InChI=1S/C15H20N2OS/c1-10(2)12(9-16)17-15(18)14-8-11-6-4-3-5-7-13(11)19-14/h8,10,12H,3-7H2,1-2H3,(H,17,18). The van der Waals surface area contributed by atoms with Crippen molar-refractivity contribution >= 4 is 17.2 Å². The van der Waals surface area contributed by atoms with Crippen LogP contribution in [0.3, 0.4) is 0 Å². The molecule has 0 spiro atoms. The third-order valence-electron chi connectivity index (χ3n) is 3.56. The predicted octanol–water partition coefficient (Wildman–Crippen LogP) is 3.29. The van der Waals surface area contributed by atoms with Crippen molar-refractivity contribution in [1.29, 1.82) is 5.26 Å². The first kappa shape index (κ1) is 14.1. The van der Waals surface area contributed by atoms with Crippen molar-refractivity contribution in [3.8, 4) is 6.07 Å². The minimum Gasteiger partial charge on any atom is -0.335 e. The minimum absolute atomic E-state index is 0.0988. The molecule has 19 heavy (non-hydrogen) atoms.